The molecule has 0 aromatic carbocycles. The van der Waals surface area contributed by atoms with Crippen LogP contribution in [-0.2, 0) is 24.2 Å². The predicted molar refractivity (Wildman–Crippen MR) is 84.6 cm³/mol. The van der Waals surface area contributed by atoms with E-state index in [4.69, 9.17) is 18.0 Å². The summed E-state index contributed by atoms with van der Waals surface area (Å²) in [7, 11) is 1.78. The van der Waals surface area contributed by atoms with E-state index in [0.29, 0.717) is 30.9 Å². The highest BCUT2D eigenvalue weighted by Crippen LogP contribution is 2.08. The van der Waals surface area contributed by atoms with Crippen molar-refractivity contribution in [3.63, 3.8) is 0 Å². The number of nitrogens with zero attached hydrogens (tertiary/aromatic N) is 3. The van der Waals surface area contributed by atoms with Crippen LogP contribution in [0.4, 0.5) is 0 Å². The molecule has 0 bridgehead atoms. The topological polar surface area (TPSA) is 64.2 Å². The zero-order chi connectivity index (χ0) is 15.1. The third kappa shape index (κ3) is 4.92. The highest BCUT2D eigenvalue weighted by Gasteiger charge is 2.11. The molecule has 112 valence electrons. The number of thiocarbonyl (C=S) groups is 1. The van der Waals surface area contributed by atoms with Crippen LogP contribution in [0.2, 0.25) is 0 Å². The molecule has 0 spiro atoms. The van der Waals surface area contributed by atoms with Gasteiger partial charge in [0.1, 0.15) is 0 Å². The maximum absolute atomic E-state index is 12.0. The first kappa shape index (κ1) is 16.6. The van der Waals surface area contributed by atoms with E-state index in [1.165, 1.54) is 5.69 Å². The first-order valence-corrected chi connectivity index (χ1v) is 7.46. The van der Waals surface area contributed by atoms with Gasteiger partial charge in [-0.2, -0.15) is 5.10 Å². The number of nitrogens with two attached hydrogens (primary N) is 1. The van der Waals surface area contributed by atoms with Gasteiger partial charge in [0.25, 0.3) is 0 Å². The Morgan fingerprint density at radius 3 is 2.65 bits per heavy atom. The van der Waals surface area contributed by atoms with Gasteiger partial charge in [-0.15, -0.1) is 0 Å². The second-order valence-corrected chi connectivity index (χ2v) is 5.36. The molecule has 0 saturated carbocycles. The van der Waals surface area contributed by atoms with Crippen LogP contribution in [0.25, 0.3) is 0 Å². The number of hydrogen-bond donors (Lipinski definition) is 1. The molecule has 6 heteroatoms. The monoisotopic (exact) mass is 296 g/mol. The maximum Gasteiger partial charge on any atom is 0.224 e. The number of aromatic nitrogens is 2. The molecular weight excluding hydrogens is 272 g/mol. The Morgan fingerprint density at radius 1 is 1.40 bits per heavy atom. The van der Waals surface area contributed by atoms with E-state index < -0.39 is 0 Å². The molecule has 0 saturated heterocycles. The third-order valence-electron chi connectivity index (χ3n) is 3.30. The first-order chi connectivity index (χ1) is 9.47. The molecule has 1 rings (SSSR count). The summed E-state index contributed by atoms with van der Waals surface area (Å²) in [5.74, 6) is 0.0943. The summed E-state index contributed by atoms with van der Waals surface area (Å²) in [6.07, 6.45) is 2.87. The normalized spacial score (nSPS) is 10.6. The molecule has 0 aliphatic heterocycles. The van der Waals surface area contributed by atoms with E-state index >= 15 is 0 Å². The number of carbonyl (C=O) groups is 1. The molecule has 1 amide bonds. The zero-order valence-electron chi connectivity index (χ0n) is 12.6. The molecule has 0 fully saturated rings. The minimum Gasteiger partial charge on any atom is -0.393 e. The van der Waals surface area contributed by atoms with Gasteiger partial charge in [-0.05, 0) is 18.9 Å². The van der Waals surface area contributed by atoms with Gasteiger partial charge < -0.3 is 10.6 Å². The van der Waals surface area contributed by atoms with Crippen LogP contribution in [-0.4, -0.2) is 39.2 Å². The molecular formula is C14H24N4OS. The predicted octanol–water partition coefficient (Wildman–Crippen LogP) is 1.53. The zero-order valence-corrected chi connectivity index (χ0v) is 13.4. The molecule has 2 N–H and O–H groups in total. The molecule has 1 heterocycles. The quantitative estimate of drug-likeness (QED) is 0.739. The SMILES string of the molecule is CCc1cc(CC)n(CCC(=O)N(C)CCC(N)=S)n1. The summed E-state index contributed by atoms with van der Waals surface area (Å²) < 4.78 is 1.94. The van der Waals surface area contributed by atoms with Gasteiger partial charge in [-0.25, -0.2) is 0 Å². The van der Waals surface area contributed by atoms with Gasteiger partial charge >= 0.3 is 0 Å². The highest BCUT2D eigenvalue weighted by atomic mass is 32.1. The average Bonchev–Trinajstić information content (AvgIpc) is 2.84. The Balaban J connectivity index is 2.51. The fourth-order valence-corrected chi connectivity index (χ4v) is 2.05. The minimum absolute atomic E-state index is 0.0943. The van der Waals surface area contributed by atoms with Crippen LogP contribution in [0.5, 0.6) is 0 Å². The van der Waals surface area contributed by atoms with Crippen molar-refractivity contribution < 1.29 is 4.79 Å². The summed E-state index contributed by atoms with van der Waals surface area (Å²) in [6.45, 7) is 5.39. The van der Waals surface area contributed by atoms with Crippen molar-refractivity contribution in [3.8, 4) is 0 Å². The standard InChI is InChI=1S/C14H24N4OS/c1-4-11-10-12(5-2)18(16-11)9-7-14(19)17(3)8-6-13(15)20/h10H,4-9H2,1-3H3,(H2,15,20). The molecule has 0 atom stereocenters. The van der Waals surface area contributed by atoms with Gasteiger partial charge in [0.2, 0.25) is 5.91 Å². The number of amides is 1. The smallest absolute Gasteiger partial charge is 0.224 e. The second kappa shape index (κ2) is 7.99. The van der Waals surface area contributed by atoms with Crippen molar-refractivity contribution in [2.45, 2.75) is 46.1 Å². The largest absolute Gasteiger partial charge is 0.393 e. The van der Waals surface area contributed by atoms with Crippen molar-refractivity contribution in [1.29, 1.82) is 0 Å². The second-order valence-electron chi connectivity index (χ2n) is 4.84. The summed E-state index contributed by atoms with van der Waals surface area (Å²) in [4.78, 5) is 14.1. The van der Waals surface area contributed by atoms with Crippen LogP contribution in [0, 0.1) is 0 Å². The lowest BCUT2D eigenvalue weighted by Crippen LogP contribution is -2.30. The number of aryl methyl sites for hydroxylation is 3. The van der Waals surface area contributed by atoms with Gasteiger partial charge in [-0.1, -0.05) is 26.1 Å². The fraction of sp³-hybridized carbons (Fsp3) is 0.643. The van der Waals surface area contributed by atoms with Gasteiger partial charge in [-0.3, -0.25) is 9.48 Å². The average molecular weight is 296 g/mol. The molecule has 0 unspecified atom stereocenters. The molecule has 0 radical (unpaired) electrons. The Morgan fingerprint density at radius 2 is 2.10 bits per heavy atom. The molecule has 0 aliphatic carbocycles. The van der Waals surface area contributed by atoms with Crippen LogP contribution in [0.15, 0.2) is 6.07 Å². The molecule has 1 aromatic rings. The van der Waals surface area contributed by atoms with Crippen LogP contribution in [0.1, 0.15) is 38.1 Å². The lowest BCUT2D eigenvalue weighted by molar-refractivity contribution is -0.130. The summed E-state index contributed by atoms with van der Waals surface area (Å²) in [5.41, 5.74) is 7.70. The summed E-state index contributed by atoms with van der Waals surface area (Å²) in [6, 6.07) is 2.11. The van der Waals surface area contributed by atoms with E-state index in [1.54, 1.807) is 11.9 Å². The molecule has 5 nitrogen and oxygen atoms in total. The Labute approximate surface area is 126 Å². The van der Waals surface area contributed by atoms with Crippen molar-refractivity contribution in [3.05, 3.63) is 17.5 Å². The van der Waals surface area contributed by atoms with Crippen molar-refractivity contribution in [2.75, 3.05) is 13.6 Å². The van der Waals surface area contributed by atoms with E-state index in [1.807, 2.05) is 4.68 Å². The van der Waals surface area contributed by atoms with E-state index in [0.717, 1.165) is 18.5 Å². The lowest BCUT2D eigenvalue weighted by Gasteiger charge is -2.17. The molecule has 0 aliphatic rings. The fourth-order valence-electron chi connectivity index (χ4n) is 1.96. The lowest BCUT2D eigenvalue weighted by atomic mass is 10.2. The van der Waals surface area contributed by atoms with E-state index in [2.05, 4.69) is 25.0 Å². The number of carbonyl (C=O) groups excluding carboxylic acids is 1. The Hall–Kier alpha value is -1.43. The first-order valence-electron chi connectivity index (χ1n) is 7.05. The van der Waals surface area contributed by atoms with Crippen molar-refractivity contribution in [1.82, 2.24) is 14.7 Å². The minimum atomic E-state index is 0.0943. The van der Waals surface area contributed by atoms with Gasteiger partial charge in [0, 0.05) is 38.7 Å². The van der Waals surface area contributed by atoms with Crippen LogP contribution < -0.4 is 5.73 Å². The third-order valence-corrected chi connectivity index (χ3v) is 3.50. The van der Waals surface area contributed by atoms with Crippen LogP contribution >= 0.6 is 12.2 Å². The van der Waals surface area contributed by atoms with E-state index in [9.17, 15) is 4.79 Å². The maximum atomic E-state index is 12.0. The van der Waals surface area contributed by atoms with Gasteiger partial charge in [0.15, 0.2) is 0 Å². The van der Waals surface area contributed by atoms with Crippen molar-refractivity contribution >= 4 is 23.1 Å². The molecule has 1 aromatic heterocycles. The van der Waals surface area contributed by atoms with Crippen LogP contribution in [0.3, 0.4) is 0 Å². The van der Waals surface area contributed by atoms with Crippen molar-refractivity contribution in [2.24, 2.45) is 5.73 Å². The molecule has 20 heavy (non-hydrogen) atoms. The Kier molecular flexibility index (Phi) is 6.64. The van der Waals surface area contributed by atoms with Gasteiger partial charge in [0.05, 0.1) is 10.7 Å². The number of rotatable bonds is 8. The number of hydrogen-bond acceptors (Lipinski definition) is 3. The highest BCUT2D eigenvalue weighted by molar-refractivity contribution is 7.80. The summed E-state index contributed by atoms with van der Waals surface area (Å²) >= 11 is 4.82. The Bertz CT molecular complexity index is 470. The summed E-state index contributed by atoms with van der Waals surface area (Å²) in [5, 5.41) is 4.51. The van der Waals surface area contributed by atoms with E-state index in [-0.39, 0.29) is 5.91 Å².